The molecule has 1 rings (SSSR count). The quantitative estimate of drug-likeness (QED) is 0.708. The minimum atomic E-state index is -0.957. The minimum Gasteiger partial charge on any atom is -0.481 e. The Hall–Kier alpha value is -1.84. The standard InChI is InChI=1S/C15H21NO3/c1-2-3-4-5-12-6-8-13(9-7-12)16-14(17)10-11-15(18)19/h6-9H,2-5,10-11H2,1H3,(H,16,17)(H,18,19). The molecule has 4 heteroatoms. The first-order chi connectivity index (χ1) is 9.11. The van der Waals surface area contributed by atoms with E-state index >= 15 is 0 Å². The lowest BCUT2D eigenvalue weighted by atomic mass is 10.1. The van der Waals surface area contributed by atoms with Crippen LogP contribution in [0.5, 0.6) is 0 Å². The van der Waals surface area contributed by atoms with Crippen LogP contribution in [0.3, 0.4) is 0 Å². The number of aryl methyl sites for hydroxylation is 1. The topological polar surface area (TPSA) is 66.4 Å². The maximum Gasteiger partial charge on any atom is 0.303 e. The van der Waals surface area contributed by atoms with Crippen molar-refractivity contribution in [2.24, 2.45) is 0 Å². The summed E-state index contributed by atoms with van der Waals surface area (Å²) in [7, 11) is 0. The highest BCUT2D eigenvalue weighted by molar-refractivity contribution is 5.92. The Labute approximate surface area is 113 Å². The molecule has 0 aromatic heterocycles. The van der Waals surface area contributed by atoms with Gasteiger partial charge in [0, 0.05) is 12.1 Å². The van der Waals surface area contributed by atoms with Crippen LogP contribution in [0.4, 0.5) is 5.69 Å². The van der Waals surface area contributed by atoms with E-state index in [1.165, 1.54) is 24.8 Å². The first kappa shape index (κ1) is 15.2. The van der Waals surface area contributed by atoms with E-state index in [2.05, 4.69) is 12.2 Å². The van der Waals surface area contributed by atoms with E-state index in [0.29, 0.717) is 0 Å². The zero-order valence-corrected chi connectivity index (χ0v) is 11.3. The molecule has 0 aliphatic carbocycles. The summed E-state index contributed by atoms with van der Waals surface area (Å²) in [6, 6.07) is 7.73. The van der Waals surface area contributed by atoms with Crippen molar-refractivity contribution in [3.8, 4) is 0 Å². The number of carboxylic acid groups (broad SMARTS) is 1. The number of carbonyl (C=O) groups excluding carboxylic acids is 1. The minimum absolute atomic E-state index is 0.00752. The van der Waals surface area contributed by atoms with Crippen LogP contribution in [-0.2, 0) is 16.0 Å². The number of rotatable bonds is 8. The van der Waals surface area contributed by atoms with Gasteiger partial charge in [-0.2, -0.15) is 0 Å². The molecule has 0 aliphatic rings. The summed E-state index contributed by atoms with van der Waals surface area (Å²) < 4.78 is 0. The maximum atomic E-state index is 11.4. The Morgan fingerprint density at radius 2 is 1.79 bits per heavy atom. The normalized spacial score (nSPS) is 10.2. The van der Waals surface area contributed by atoms with Gasteiger partial charge in [0.05, 0.1) is 6.42 Å². The lowest BCUT2D eigenvalue weighted by Gasteiger charge is -2.06. The third-order valence-electron chi connectivity index (χ3n) is 2.87. The molecule has 2 N–H and O–H groups in total. The van der Waals surface area contributed by atoms with Gasteiger partial charge in [0.15, 0.2) is 0 Å². The van der Waals surface area contributed by atoms with E-state index < -0.39 is 5.97 Å². The van der Waals surface area contributed by atoms with E-state index in [0.717, 1.165) is 12.1 Å². The molecule has 0 atom stereocenters. The van der Waals surface area contributed by atoms with Crippen LogP contribution in [-0.4, -0.2) is 17.0 Å². The number of unbranched alkanes of at least 4 members (excludes halogenated alkanes) is 2. The SMILES string of the molecule is CCCCCc1ccc(NC(=O)CCC(=O)O)cc1. The monoisotopic (exact) mass is 263 g/mol. The molecule has 19 heavy (non-hydrogen) atoms. The first-order valence-corrected chi connectivity index (χ1v) is 6.72. The summed E-state index contributed by atoms with van der Waals surface area (Å²) in [6.07, 6.45) is 4.54. The van der Waals surface area contributed by atoms with Crippen LogP contribution in [0, 0.1) is 0 Å². The van der Waals surface area contributed by atoms with Gasteiger partial charge in [-0.05, 0) is 30.5 Å². The van der Waals surface area contributed by atoms with E-state index in [9.17, 15) is 9.59 Å². The van der Waals surface area contributed by atoms with E-state index in [1.54, 1.807) is 0 Å². The van der Waals surface area contributed by atoms with Crippen LogP contribution in [0.15, 0.2) is 24.3 Å². The van der Waals surface area contributed by atoms with Gasteiger partial charge in [-0.3, -0.25) is 9.59 Å². The second-order valence-corrected chi connectivity index (χ2v) is 4.60. The second-order valence-electron chi connectivity index (χ2n) is 4.60. The first-order valence-electron chi connectivity index (χ1n) is 6.72. The molecule has 0 saturated heterocycles. The number of carboxylic acids is 1. The van der Waals surface area contributed by atoms with Gasteiger partial charge in [0.1, 0.15) is 0 Å². The molecule has 0 fully saturated rings. The number of aliphatic carboxylic acids is 1. The van der Waals surface area contributed by atoms with Crippen LogP contribution < -0.4 is 5.32 Å². The lowest BCUT2D eigenvalue weighted by Crippen LogP contribution is -2.13. The van der Waals surface area contributed by atoms with Crippen molar-refractivity contribution >= 4 is 17.6 Å². The molecular weight excluding hydrogens is 242 g/mol. The van der Waals surface area contributed by atoms with Gasteiger partial charge in [-0.15, -0.1) is 0 Å². The van der Waals surface area contributed by atoms with Gasteiger partial charge < -0.3 is 10.4 Å². The Bertz CT molecular complexity index is 412. The molecule has 104 valence electrons. The summed E-state index contributed by atoms with van der Waals surface area (Å²) in [5, 5.41) is 11.2. The van der Waals surface area contributed by atoms with E-state index in [-0.39, 0.29) is 18.7 Å². The summed E-state index contributed by atoms with van der Waals surface area (Å²) in [6.45, 7) is 2.18. The number of amides is 1. The molecule has 0 unspecified atom stereocenters. The highest BCUT2D eigenvalue weighted by atomic mass is 16.4. The number of carbonyl (C=O) groups is 2. The average molecular weight is 263 g/mol. The van der Waals surface area contributed by atoms with Gasteiger partial charge in [-0.1, -0.05) is 31.9 Å². The molecular formula is C15H21NO3. The fraction of sp³-hybridized carbons (Fsp3) is 0.467. The predicted molar refractivity (Wildman–Crippen MR) is 75.2 cm³/mol. The van der Waals surface area contributed by atoms with Gasteiger partial charge in [-0.25, -0.2) is 0 Å². The van der Waals surface area contributed by atoms with Crippen LogP contribution >= 0.6 is 0 Å². The molecule has 0 spiro atoms. The zero-order chi connectivity index (χ0) is 14.1. The molecule has 1 aromatic carbocycles. The number of hydrogen-bond acceptors (Lipinski definition) is 2. The van der Waals surface area contributed by atoms with Crippen LogP contribution in [0.2, 0.25) is 0 Å². The molecule has 1 aromatic rings. The van der Waals surface area contributed by atoms with Crippen molar-refractivity contribution in [2.75, 3.05) is 5.32 Å². The number of hydrogen-bond donors (Lipinski definition) is 2. The van der Waals surface area contributed by atoms with Crippen molar-refractivity contribution in [1.29, 1.82) is 0 Å². The van der Waals surface area contributed by atoms with E-state index in [4.69, 9.17) is 5.11 Å². The molecule has 0 bridgehead atoms. The number of nitrogens with one attached hydrogen (secondary N) is 1. The molecule has 0 aliphatic heterocycles. The lowest BCUT2D eigenvalue weighted by molar-refractivity contribution is -0.138. The van der Waals surface area contributed by atoms with Crippen molar-refractivity contribution in [3.63, 3.8) is 0 Å². The summed E-state index contributed by atoms with van der Waals surface area (Å²) in [5.41, 5.74) is 1.98. The maximum absolute atomic E-state index is 11.4. The largest absolute Gasteiger partial charge is 0.481 e. The van der Waals surface area contributed by atoms with Crippen LogP contribution in [0.1, 0.15) is 44.6 Å². The van der Waals surface area contributed by atoms with Crippen molar-refractivity contribution in [3.05, 3.63) is 29.8 Å². The Morgan fingerprint density at radius 1 is 1.11 bits per heavy atom. The third kappa shape index (κ3) is 6.60. The Kier molecular flexibility index (Phi) is 6.64. The summed E-state index contributed by atoms with van der Waals surface area (Å²) in [4.78, 5) is 21.8. The Morgan fingerprint density at radius 3 is 2.37 bits per heavy atom. The molecule has 0 saturated carbocycles. The molecule has 1 amide bonds. The number of anilines is 1. The zero-order valence-electron chi connectivity index (χ0n) is 11.3. The highest BCUT2D eigenvalue weighted by Gasteiger charge is 2.05. The van der Waals surface area contributed by atoms with Crippen molar-refractivity contribution < 1.29 is 14.7 Å². The van der Waals surface area contributed by atoms with E-state index in [1.807, 2.05) is 24.3 Å². The smallest absolute Gasteiger partial charge is 0.303 e. The third-order valence-corrected chi connectivity index (χ3v) is 2.87. The van der Waals surface area contributed by atoms with Crippen molar-refractivity contribution in [2.45, 2.75) is 45.4 Å². The highest BCUT2D eigenvalue weighted by Crippen LogP contribution is 2.12. The fourth-order valence-corrected chi connectivity index (χ4v) is 1.78. The molecule has 0 radical (unpaired) electrons. The van der Waals surface area contributed by atoms with Crippen molar-refractivity contribution in [1.82, 2.24) is 0 Å². The summed E-state index contributed by atoms with van der Waals surface area (Å²) >= 11 is 0. The number of benzene rings is 1. The fourth-order valence-electron chi connectivity index (χ4n) is 1.78. The molecule has 0 heterocycles. The van der Waals surface area contributed by atoms with Gasteiger partial charge in [0.2, 0.25) is 5.91 Å². The van der Waals surface area contributed by atoms with Gasteiger partial charge >= 0.3 is 5.97 Å². The molecule has 4 nitrogen and oxygen atoms in total. The Balaban J connectivity index is 2.39. The van der Waals surface area contributed by atoms with Crippen LogP contribution in [0.25, 0.3) is 0 Å². The second kappa shape index (κ2) is 8.29. The summed E-state index contributed by atoms with van der Waals surface area (Å²) in [5.74, 6) is -1.22. The predicted octanol–water partition coefficient (Wildman–Crippen LogP) is 3.22. The van der Waals surface area contributed by atoms with Gasteiger partial charge in [0.25, 0.3) is 0 Å². The average Bonchev–Trinajstić information content (AvgIpc) is 2.39.